The van der Waals surface area contributed by atoms with Gasteiger partial charge in [0.2, 0.25) is 0 Å². The van der Waals surface area contributed by atoms with Crippen LogP contribution in [0.4, 0.5) is 0 Å². The molecule has 0 radical (unpaired) electrons. The van der Waals surface area contributed by atoms with Crippen molar-refractivity contribution in [2.75, 3.05) is 20.6 Å². The van der Waals surface area contributed by atoms with E-state index >= 15 is 0 Å². The van der Waals surface area contributed by atoms with E-state index in [1.807, 2.05) is 11.3 Å². The highest BCUT2D eigenvalue weighted by molar-refractivity contribution is 7.12. The topological polar surface area (TPSA) is 28.2 Å². The Morgan fingerprint density at radius 1 is 1.26 bits per heavy atom. The van der Waals surface area contributed by atoms with Crippen molar-refractivity contribution in [3.8, 4) is 0 Å². The van der Waals surface area contributed by atoms with Crippen molar-refractivity contribution in [1.82, 2.24) is 15.2 Å². The van der Waals surface area contributed by atoms with Gasteiger partial charge >= 0.3 is 0 Å². The number of thiazole rings is 1. The number of rotatable bonds is 5. The van der Waals surface area contributed by atoms with Crippen LogP contribution in [0.5, 0.6) is 0 Å². The Hall–Kier alpha value is -0.450. The molecule has 0 aliphatic carbocycles. The van der Waals surface area contributed by atoms with Gasteiger partial charge in [0, 0.05) is 28.9 Å². The van der Waals surface area contributed by atoms with Crippen LogP contribution in [-0.4, -0.2) is 36.6 Å². The molecule has 0 fully saturated rings. The predicted molar refractivity (Wildman–Crippen MR) is 85.1 cm³/mol. The van der Waals surface area contributed by atoms with E-state index in [0.717, 1.165) is 6.54 Å². The Bertz CT molecular complexity index is 404. The minimum atomic E-state index is 0.142. The fourth-order valence-corrected chi connectivity index (χ4v) is 3.37. The number of aryl methyl sites for hydroxylation is 1. The maximum Gasteiger partial charge on any atom is 0.0985 e. The second-order valence-electron chi connectivity index (χ2n) is 6.77. The molecule has 0 spiro atoms. The molecule has 0 saturated carbocycles. The lowest BCUT2D eigenvalue weighted by Gasteiger charge is -2.22. The van der Waals surface area contributed by atoms with E-state index in [1.54, 1.807) is 0 Å². The molecular weight excluding hydrogens is 254 g/mol. The molecule has 0 amide bonds. The lowest BCUT2D eigenvalue weighted by molar-refractivity contribution is 0.335. The van der Waals surface area contributed by atoms with Gasteiger partial charge in [0.25, 0.3) is 0 Å². The Balaban J connectivity index is 2.77. The average molecular weight is 283 g/mol. The highest BCUT2D eigenvalue weighted by atomic mass is 32.1. The average Bonchev–Trinajstić information content (AvgIpc) is 2.58. The molecule has 1 rings (SSSR count). The standard InChI is InChI=1S/C15H29N3S/c1-10(9-18(7)8)16-11(2)13-12(3)17-14(19-13)15(4,5)6/h10-11,16H,9H2,1-8H3. The van der Waals surface area contributed by atoms with Crippen molar-refractivity contribution in [3.05, 3.63) is 15.6 Å². The molecule has 0 bridgehead atoms. The molecule has 2 unspecified atom stereocenters. The Morgan fingerprint density at radius 3 is 2.26 bits per heavy atom. The van der Waals surface area contributed by atoms with E-state index in [2.05, 4.69) is 65.9 Å². The van der Waals surface area contributed by atoms with Crippen molar-refractivity contribution in [1.29, 1.82) is 0 Å². The van der Waals surface area contributed by atoms with E-state index in [-0.39, 0.29) is 5.41 Å². The second-order valence-corrected chi connectivity index (χ2v) is 7.80. The maximum absolute atomic E-state index is 4.74. The number of nitrogens with zero attached hydrogens (tertiary/aromatic N) is 2. The van der Waals surface area contributed by atoms with Crippen molar-refractivity contribution in [2.45, 2.75) is 59.0 Å². The lowest BCUT2D eigenvalue weighted by Crippen LogP contribution is -2.37. The minimum absolute atomic E-state index is 0.142. The van der Waals surface area contributed by atoms with Crippen LogP contribution >= 0.6 is 11.3 Å². The fraction of sp³-hybridized carbons (Fsp3) is 0.800. The lowest BCUT2D eigenvalue weighted by atomic mass is 9.98. The summed E-state index contributed by atoms with van der Waals surface area (Å²) in [5.74, 6) is 0. The summed E-state index contributed by atoms with van der Waals surface area (Å²) in [5.41, 5.74) is 1.31. The number of aromatic nitrogens is 1. The Kier molecular flexibility index (Phi) is 5.53. The number of likely N-dealkylation sites (N-methyl/N-ethyl adjacent to an activating group) is 1. The summed E-state index contributed by atoms with van der Waals surface area (Å²) in [6, 6.07) is 0.841. The summed E-state index contributed by atoms with van der Waals surface area (Å²) < 4.78 is 0. The quantitative estimate of drug-likeness (QED) is 0.898. The summed E-state index contributed by atoms with van der Waals surface area (Å²) in [7, 11) is 4.22. The first kappa shape index (κ1) is 16.6. The van der Waals surface area contributed by atoms with Crippen LogP contribution in [0.2, 0.25) is 0 Å². The van der Waals surface area contributed by atoms with Crippen molar-refractivity contribution >= 4 is 11.3 Å². The fourth-order valence-electron chi connectivity index (χ4n) is 2.23. The largest absolute Gasteiger partial charge is 0.308 e. The van der Waals surface area contributed by atoms with Crippen LogP contribution in [0.25, 0.3) is 0 Å². The van der Waals surface area contributed by atoms with Gasteiger partial charge in [-0.2, -0.15) is 0 Å². The van der Waals surface area contributed by atoms with E-state index < -0.39 is 0 Å². The molecule has 0 saturated heterocycles. The molecule has 19 heavy (non-hydrogen) atoms. The first-order valence-corrected chi connectivity index (χ1v) is 7.81. The third kappa shape index (κ3) is 4.86. The van der Waals surface area contributed by atoms with Gasteiger partial charge in [-0.25, -0.2) is 4.98 Å². The first-order chi connectivity index (χ1) is 8.61. The molecule has 2 atom stereocenters. The molecule has 0 aromatic carbocycles. The van der Waals surface area contributed by atoms with Gasteiger partial charge in [-0.05, 0) is 34.9 Å². The zero-order chi connectivity index (χ0) is 14.8. The van der Waals surface area contributed by atoms with Crippen LogP contribution in [0.1, 0.15) is 56.2 Å². The van der Waals surface area contributed by atoms with E-state index in [1.165, 1.54) is 15.6 Å². The minimum Gasteiger partial charge on any atom is -0.308 e. The van der Waals surface area contributed by atoms with Gasteiger partial charge in [-0.1, -0.05) is 20.8 Å². The van der Waals surface area contributed by atoms with Crippen LogP contribution in [0.3, 0.4) is 0 Å². The highest BCUT2D eigenvalue weighted by Gasteiger charge is 2.22. The Morgan fingerprint density at radius 2 is 1.84 bits per heavy atom. The van der Waals surface area contributed by atoms with Crippen LogP contribution in [0.15, 0.2) is 0 Å². The van der Waals surface area contributed by atoms with Crippen molar-refractivity contribution in [2.24, 2.45) is 0 Å². The third-order valence-electron chi connectivity index (χ3n) is 3.04. The summed E-state index contributed by atoms with van der Waals surface area (Å²) in [4.78, 5) is 8.32. The second kappa shape index (κ2) is 6.33. The van der Waals surface area contributed by atoms with E-state index in [4.69, 9.17) is 4.98 Å². The smallest absolute Gasteiger partial charge is 0.0985 e. The molecule has 3 nitrogen and oxygen atoms in total. The zero-order valence-corrected chi connectivity index (χ0v) is 14.5. The molecule has 0 aliphatic heterocycles. The highest BCUT2D eigenvalue weighted by Crippen LogP contribution is 2.32. The van der Waals surface area contributed by atoms with Gasteiger partial charge in [0.05, 0.1) is 10.7 Å². The molecule has 1 aromatic heterocycles. The van der Waals surface area contributed by atoms with Gasteiger partial charge in [0.1, 0.15) is 0 Å². The summed E-state index contributed by atoms with van der Waals surface area (Å²) >= 11 is 1.85. The van der Waals surface area contributed by atoms with Crippen LogP contribution in [-0.2, 0) is 5.41 Å². The third-order valence-corrected chi connectivity index (χ3v) is 4.81. The SMILES string of the molecule is Cc1nc(C(C)(C)C)sc1C(C)NC(C)CN(C)C. The molecule has 1 heterocycles. The molecule has 0 aliphatic rings. The van der Waals surface area contributed by atoms with E-state index in [9.17, 15) is 0 Å². The monoisotopic (exact) mass is 283 g/mol. The molecule has 4 heteroatoms. The van der Waals surface area contributed by atoms with Crippen LogP contribution < -0.4 is 5.32 Å². The number of hydrogen-bond acceptors (Lipinski definition) is 4. The molecule has 110 valence electrons. The zero-order valence-electron chi connectivity index (χ0n) is 13.7. The normalized spacial score (nSPS) is 15.8. The maximum atomic E-state index is 4.74. The van der Waals surface area contributed by atoms with Gasteiger partial charge in [-0.3, -0.25) is 0 Å². The summed E-state index contributed by atoms with van der Waals surface area (Å²) in [6.45, 7) is 14.3. The van der Waals surface area contributed by atoms with Gasteiger partial charge in [0.15, 0.2) is 0 Å². The van der Waals surface area contributed by atoms with Crippen molar-refractivity contribution in [3.63, 3.8) is 0 Å². The molecule has 1 N–H and O–H groups in total. The predicted octanol–water partition coefficient (Wildman–Crippen LogP) is 3.35. The summed E-state index contributed by atoms with van der Waals surface area (Å²) in [6.07, 6.45) is 0. The molecule has 1 aromatic rings. The first-order valence-electron chi connectivity index (χ1n) is 7.00. The van der Waals surface area contributed by atoms with Gasteiger partial charge in [-0.15, -0.1) is 11.3 Å². The number of nitrogens with one attached hydrogen (secondary N) is 1. The molecular formula is C15H29N3S. The summed E-state index contributed by atoms with van der Waals surface area (Å²) in [5, 5.41) is 4.89. The van der Waals surface area contributed by atoms with Crippen molar-refractivity contribution < 1.29 is 0 Å². The van der Waals surface area contributed by atoms with Gasteiger partial charge < -0.3 is 10.2 Å². The van der Waals surface area contributed by atoms with E-state index in [0.29, 0.717) is 12.1 Å². The van der Waals surface area contributed by atoms with Crippen LogP contribution in [0, 0.1) is 6.92 Å². The Labute approximate surface area is 122 Å². The number of hydrogen-bond donors (Lipinski definition) is 1.